The summed E-state index contributed by atoms with van der Waals surface area (Å²) in [5.41, 5.74) is 2.03. The van der Waals surface area contributed by atoms with E-state index in [1.54, 1.807) is 33.8 Å². The van der Waals surface area contributed by atoms with E-state index >= 15 is 0 Å². The van der Waals surface area contributed by atoms with Crippen molar-refractivity contribution in [1.82, 2.24) is 4.98 Å². The summed E-state index contributed by atoms with van der Waals surface area (Å²) in [6.45, 7) is 6.36. The highest BCUT2D eigenvalue weighted by Gasteiger charge is 2.24. The molecule has 0 saturated carbocycles. The molecule has 28 heavy (non-hydrogen) atoms. The molecule has 7 nitrogen and oxygen atoms in total. The third-order valence-electron chi connectivity index (χ3n) is 3.90. The van der Waals surface area contributed by atoms with Crippen LogP contribution in [0.3, 0.4) is 0 Å². The first kappa shape index (κ1) is 21.6. The molecular formula is C20H24N2O5S. The molecule has 1 aromatic heterocycles. The Morgan fingerprint density at radius 3 is 2.46 bits per heavy atom. The van der Waals surface area contributed by atoms with Crippen LogP contribution in [0.25, 0.3) is 0 Å². The molecule has 0 atom stereocenters. The van der Waals surface area contributed by atoms with Crippen LogP contribution < -0.4 is 5.32 Å². The number of aryl methyl sites for hydroxylation is 1. The smallest absolute Gasteiger partial charge is 0.355 e. The second kappa shape index (κ2) is 9.45. The highest BCUT2D eigenvalue weighted by Crippen LogP contribution is 2.24. The number of thioether (sulfide) groups is 1. The van der Waals surface area contributed by atoms with Gasteiger partial charge in [-0.3, -0.25) is 4.79 Å². The Morgan fingerprint density at radius 1 is 1.14 bits per heavy atom. The van der Waals surface area contributed by atoms with Gasteiger partial charge in [0.05, 0.1) is 17.4 Å². The van der Waals surface area contributed by atoms with Gasteiger partial charge in [-0.15, -0.1) is 11.8 Å². The number of hydrogen-bond donors (Lipinski definition) is 2. The Morgan fingerprint density at radius 2 is 1.82 bits per heavy atom. The average molecular weight is 404 g/mol. The molecule has 0 aliphatic rings. The van der Waals surface area contributed by atoms with E-state index in [4.69, 9.17) is 9.47 Å². The van der Waals surface area contributed by atoms with E-state index in [1.165, 1.54) is 11.8 Å². The number of H-pyrrole nitrogens is 1. The third kappa shape index (κ3) is 5.16. The van der Waals surface area contributed by atoms with Gasteiger partial charge in [-0.1, -0.05) is 12.1 Å². The molecule has 1 heterocycles. The summed E-state index contributed by atoms with van der Waals surface area (Å²) >= 11 is 1.50. The van der Waals surface area contributed by atoms with Crippen molar-refractivity contribution in [1.29, 1.82) is 0 Å². The number of aromatic amines is 1. The summed E-state index contributed by atoms with van der Waals surface area (Å²) in [6.07, 6.45) is 1.63. The maximum absolute atomic E-state index is 12.4. The topological polar surface area (TPSA) is 97.5 Å². The van der Waals surface area contributed by atoms with Crippen molar-refractivity contribution in [3.63, 3.8) is 0 Å². The first-order chi connectivity index (χ1) is 13.2. The molecule has 2 rings (SSSR count). The molecule has 0 saturated heterocycles. The predicted molar refractivity (Wildman–Crippen MR) is 108 cm³/mol. The Kier molecular flexibility index (Phi) is 7.28. The summed E-state index contributed by atoms with van der Waals surface area (Å²) in [5.74, 6) is -1.67. The van der Waals surface area contributed by atoms with E-state index < -0.39 is 24.5 Å². The van der Waals surface area contributed by atoms with E-state index in [2.05, 4.69) is 10.3 Å². The summed E-state index contributed by atoms with van der Waals surface area (Å²) < 4.78 is 10.3. The average Bonchev–Trinajstić information content (AvgIpc) is 2.94. The lowest BCUT2D eigenvalue weighted by Crippen LogP contribution is -2.21. The van der Waals surface area contributed by atoms with Gasteiger partial charge in [0.1, 0.15) is 5.69 Å². The molecule has 2 aromatic rings. The second-order valence-corrected chi connectivity index (χ2v) is 7.25. The van der Waals surface area contributed by atoms with Gasteiger partial charge in [-0.25, -0.2) is 9.59 Å². The number of hydrogen-bond acceptors (Lipinski definition) is 6. The fraction of sp³-hybridized carbons (Fsp3) is 0.350. The number of nitrogens with one attached hydrogen (secondary N) is 2. The molecule has 0 spiro atoms. The Labute approximate surface area is 168 Å². The number of benzene rings is 1. The van der Waals surface area contributed by atoms with Gasteiger partial charge in [-0.05, 0) is 51.6 Å². The molecular weight excluding hydrogens is 380 g/mol. The van der Waals surface area contributed by atoms with Crippen molar-refractivity contribution in [3.8, 4) is 0 Å². The van der Waals surface area contributed by atoms with Crippen molar-refractivity contribution < 1.29 is 23.9 Å². The van der Waals surface area contributed by atoms with Crippen molar-refractivity contribution in [3.05, 3.63) is 46.8 Å². The molecule has 0 unspecified atom stereocenters. The molecule has 1 aromatic carbocycles. The fourth-order valence-electron chi connectivity index (χ4n) is 2.67. The van der Waals surface area contributed by atoms with Gasteiger partial charge in [-0.2, -0.15) is 0 Å². The van der Waals surface area contributed by atoms with Crippen molar-refractivity contribution in [2.24, 2.45) is 0 Å². The highest BCUT2D eigenvalue weighted by molar-refractivity contribution is 7.98. The van der Waals surface area contributed by atoms with Gasteiger partial charge in [0, 0.05) is 10.6 Å². The molecule has 0 aliphatic carbocycles. The molecule has 8 heteroatoms. The third-order valence-corrected chi connectivity index (χ3v) is 4.70. The fourth-order valence-corrected chi connectivity index (χ4v) is 3.22. The largest absolute Gasteiger partial charge is 0.459 e. The van der Waals surface area contributed by atoms with Gasteiger partial charge in [0.25, 0.3) is 5.91 Å². The number of amides is 1. The standard InChI is InChI=1S/C20H24N2O5S/c1-11(2)27-19(24)17-12(3)18(21-13(17)4)20(25)26-10-16(23)22-14-8-6-7-9-15(14)28-5/h6-9,11,21H,10H2,1-5H3,(H,22,23). The van der Waals surface area contributed by atoms with Gasteiger partial charge in [0.15, 0.2) is 6.61 Å². The maximum atomic E-state index is 12.4. The predicted octanol–water partition coefficient (Wildman–Crippen LogP) is 3.71. The first-order valence-electron chi connectivity index (χ1n) is 8.74. The van der Waals surface area contributed by atoms with Crippen LogP contribution in [0.15, 0.2) is 29.2 Å². The second-order valence-electron chi connectivity index (χ2n) is 6.40. The van der Waals surface area contributed by atoms with Gasteiger partial charge in [0.2, 0.25) is 0 Å². The van der Waals surface area contributed by atoms with Crippen molar-refractivity contribution in [2.75, 3.05) is 18.2 Å². The lowest BCUT2D eigenvalue weighted by molar-refractivity contribution is -0.119. The maximum Gasteiger partial charge on any atom is 0.355 e. The van der Waals surface area contributed by atoms with Crippen LogP contribution >= 0.6 is 11.8 Å². The lowest BCUT2D eigenvalue weighted by Gasteiger charge is -2.10. The number of rotatable bonds is 7. The van der Waals surface area contributed by atoms with E-state index in [0.29, 0.717) is 22.5 Å². The van der Waals surface area contributed by atoms with Crippen LogP contribution in [-0.4, -0.2) is 41.8 Å². The van der Waals surface area contributed by atoms with E-state index in [0.717, 1.165) is 4.90 Å². The van der Waals surface area contributed by atoms with Crippen LogP contribution in [-0.2, 0) is 14.3 Å². The number of carbonyl (C=O) groups excluding carboxylic acids is 3. The SMILES string of the molecule is CSc1ccccc1NC(=O)COC(=O)c1[nH]c(C)c(C(=O)OC(C)C)c1C. The number of carbonyl (C=O) groups is 3. The minimum atomic E-state index is -0.711. The number of ether oxygens (including phenoxy) is 2. The molecule has 2 N–H and O–H groups in total. The Bertz CT molecular complexity index is 889. The lowest BCUT2D eigenvalue weighted by atomic mass is 10.1. The molecule has 0 aliphatic heterocycles. The summed E-state index contributed by atoms with van der Waals surface area (Å²) in [5, 5.41) is 2.72. The van der Waals surface area contributed by atoms with Crippen molar-refractivity contribution >= 4 is 35.3 Å². The summed E-state index contributed by atoms with van der Waals surface area (Å²) in [4.78, 5) is 40.4. The summed E-state index contributed by atoms with van der Waals surface area (Å²) in [7, 11) is 0. The van der Waals surface area contributed by atoms with Crippen molar-refractivity contribution in [2.45, 2.75) is 38.7 Å². The van der Waals surface area contributed by atoms with Crippen LogP contribution in [0, 0.1) is 13.8 Å². The molecule has 0 radical (unpaired) electrons. The van der Waals surface area contributed by atoms with E-state index in [1.807, 2.05) is 24.5 Å². The van der Waals surface area contributed by atoms with Crippen LogP contribution in [0.5, 0.6) is 0 Å². The molecule has 0 fully saturated rings. The molecule has 150 valence electrons. The zero-order chi connectivity index (χ0) is 20.8. The highest BCUT2D eigenvalue weighted by atomic mass is 32.2. The zero-order valence-corrected chi connectivity index (χ0v) is 17.4. The van der Waals surface area contributed by atoms with E-state index in [-0.39, 0.29) is 11.8 Å². The normalized spacial score (nSPS) is 10.6. The zero-order valence-electron chi connectivity index (χ0n) is 16.5. The quantitative estimate of drug-likeness (QED) is 0.539. The number of para-hydroxylation sites is 1. The van der Waals surface area contributed by atoms with Gasteiger partial charge < -0.3 is 19.8 Å². The number of anilines is 1. The summed E-state index contributed by atoms with van der Waals surface area (Å²) in [6, 6.07) is 7.34. The van der Waals surface area contributed by atoms with Crippen LogP contribution in [0.1, 0.15) is 46.0 Å². The van der Waals surface area contributed by atoms with Crippen LogP contribution in [0.4, 0.5) is 5.69 Å². The molecule has 1 amide bonds. The molecule has 0 bridgehead atoms. The van der Waals surface area contributed by atoms with Crippen LogP contribution in [0.2, 0.25) is 0 Å². The first-order valence-corrected chi connectivity index (χ1v) is 9.97. The Hall–Kier alpha value is -2.74. The number of esters is 2. The minimum Gasteiger partial charge on any atom is -0.459 e. The Balaban J connectivity index is 2.03. The number of aromatic nitrogens is 1. The van der Waals surface area contributed by atoms with E-state index in [9.17, 15) is 14.4 Å². The minimum absolute atomic E-state index is 0.130. The monoisotopic (exact) mass is 404 g/mol. The van der Waals surface area contributed by atoms with Gasteiger partial charge >= 0.3 is 11.9 Å².